The topological polar surface area (TPSA) is 51.2 Å². The van der Waals surface area contributed by atoms with Crippen LogP contribution in [0, 0.1) is 5.82 Å². The van der Waals surface area contributed by atoms with Crippen LogP contribution in [0.4, 0.5) is 10.1 Å². The molecule has 0 spiro atoms. The van der Waals surface area contributed by atoms with E-state index in [-0.39, 0.29) is 16.5 Å². The van der Waals surface area contributed by atoms with Crippen molar-refractivity contribution >= 4 is 27.5 Å². The fourth-order valence-electron chi connectivity index (χ4n) is 1.63. The molecule has 1 amide bonds. The van der Waals surface area contributed by atoms with E-state index in [9.17, 15) is 9.18 Å². The Morgan fingerprint density at radius 2 is 2.14 bits per heavy atom. The fourth-order valence-corrected chi connectivity index (χ4v) is 2.01. The van der Waals surface area contributed by atoms with Gasteiger partial charge in [0.25, 0.3) is 5.91 Å². The van der Waals surface area contributed by atoms with Gasteiger partial charge in [-0.05, 0) is 60.1 Å². The molecule has 0 unspecified atom stereocenters. The Kier molecular flexibility index (Phi) is 4.90. The predicted octanol–water partition coefficient (Wildman–Crippen LogP) is 4.02. The molecule has 4 nitrogen and oxygen atoms in total. The predicted molar refractivity (Wildman–Crippen MR) is 82.1 cm³/mol. The van der Waals surface area contributed by atoms with E-state index in [2.05, 4.69) is 26.2 Å². The number of halogens is 2. The monoisotopic (exact) mass is 352 g/mol. The summed E-state index contributed by atoms with van der Waals surface area (Å²) in [5, 5.41) is 2.71. The minimum absolute atomic E-state index is 0.0597. The molecule has 2 rings (SSSR count). The van der Waals surface area contributed by atoms with E-state index >= 15 is 0 Å². The largest absolute Gasteiger partial charge is 0.473 e. The van der Waals surface area contributed by atoms with Crippen LogP contribution in [0.5, 0.6) is 5.88 Å². The lowest BCUT2D eigenvalue weighted by atomic mass is 10.2. The van der Waals surface area contributed by atoms with Crippen molar-refractivity contribution in [1.82, 2.24) is 4.98 Å². The van der Waals surface area contributed by atoms with Crippen molar-refractivity contribution in [2.75, 3.05) is 5.32 Å². The number of ether oxygens (including phenoxy) is 1. The summed E-state index contributed by atoms with van der Waals surface area (Å²) in [6, 6.07) is 7.46. The Balaban J connectivity index is 2.21. The van der Waals surface area contributed by atoms with Crippen LogP contribution in [-0.4, -0.2) is 17.0 Å². The Morgan fingerprint density at radius 1 is 1.38 bits per heavy atom. The quantitative estimate of drug-likeness (QED) is 0.903. The number of aromatic nitrogens is 1. The molecule has 0 atom stereocenters. The zero-order valence-electron chi connectivity index (χ0n) is 11.6. The lowest BCUT2D eigenvalue weighted by Crippen LogP contribution is -2.15. The normalized spacial score (nSPS) is 10.5. The molecule has 0 bridgehead atoms. The third-order valence-electron chi connectivity index (χ3n) is 2.55. The number of rotatable bonds is 4. The standard InChI is InChI=1S/C15H14BrFN2O2/c1-9(2)21-15-13(4-3-7-18-15)19-14(20)10-5-6-12(17)11(16)8-10/h3-9H,1-2H3,(H,19,20). The minimum Gasteiger partial charge on any atom is -0.473 e. The molecule has 0 aliphatic rings. The molecule has 0 aliphatic carbocycles. The number of anilines is 1. The summed E-state index contributed by atoms with van der Waals surface area (Å²) in [7, 11) is 0. The van der Waals surface area contributed by atoms with Crippen LogP contribution in [0.1, 0.15) is 24.2 Å². The van der Waals surface area contributed by atoms with Crippen LogP contribution in [0.2, 0.25) is 0 Å². The number of amides is 1. The zero-order valence-corrected chi connectivity index (χ0v) is 13.1. The summed E-state index contributed by atoms with van der Waals surface area (Å²) in [4.78, 5) is 16.3. The summed E-state index contributed by atoms with van der Waals surface area (Å²) in [5.74, 6) is -0.434. The van der Waals surface area contributed by atoms with E-state index in [4.69, 9.17) is 4.74 Å². The number of carbonyl (C=O) groups is 1. The Bertz CT molecular complexity index is 662. The second-order valence-corrected chi connectivity index (χ2v) is 5.46. The fraction of sp³-hybridized carbons (Fsp3) is 0.200. The molecule has 0 saturated heterocycles. The number of nitrogens with one attached hydrogen (secondary N) is 1. The molecule has 0 radical (unpaired) electrons. The molecule has 1 heterocycles. The molecule has 1 aromatic heterocycles. The first-order valence-electron chi connectivity index (χ1n) is 6.35. The SMILES string of the molecule is CC(C)Oc1ncccc1NC(=O)c1ccc(F)c(Br)c1. The molecular weight excluding hydrogens is 339 g/mol. The van der Waals surface area contributed by atoms with Crippen molar-refractivity contribution in [3.05, 3.63) is 52.4 Å². The zero-order chi connectivity index (χ0) is 15.4. The highest BCUT2D eigenvalue weighted by molar-refractivity contribution is 9.10. The lowest BCUT2D eigenvalue weighted by Gasteiger charge is -2.13. The average molecular weight is 353 g/mol. The highest BCUT2D eigenvalue weighted by atomic mass is 79.9. The number of nitrogens with zero attached hydrogens (tertiary/aromatic N) is 1. The first kappa shape index (κ1) is 15.4. The molecule has 1 aromatic carbocycles. The van der Waals surface area contributed by atoms with Crippen LogP contribution in [0.25, 0.3) is 0 Å². The number of carbonyl (C=O) groups excluding carboxylic acids is 1. The molecule has 0 aliphatic heterocycles. The van der Waals surface area contributed by atoms with Gasteiger partial charge in [0.05, 0.1) is 10.6 Å². The maximum atomic E-state index is 13.2. The minimum atomic E-state index is -0.420. The average Bonchev–Trinajstić information content (AvgIpc) is 2.43. The van der Waals surface area contributed by atoms with Gasteiger partial charge in [0.15, 0.2) is 0 Å². The molecule has 21 heavy (non-hydrogen) atoms. The van der Waals surface area contributed by atoms with Crippen LogP contribution >= 0.6 is 15.9 Å². The van der Waals surface area contributed by atoms with Gasteiger partial charge in [-0.3, -0.25) is 4.79 Å². The summed E-state index contributed by atoms with van der Waals surface area (Å²) >= 11 is 3.05. The second kappa shape index (κ2) is 6.67. The van der Waals surface area contributed by atoms with Gasteiger partial charge in [-0.2, -0.15) is 0 Å². The lowest BCUT2D eigenvalue weighted by molar-refractivity contribution is 0.102. The summed E-state index contributed by atoms with van der Waals surface area (Å²) in [6.07, 6.45) is 1.53. The molecular formula is C15H14BrFN2O2. The van der Waals surface area contributed by atoms with E-state index in [1.54, 1.807) is 18.3 Å². The highest BCUT2D eigenvalue weighted by Gasteiger charge is 2.13. The summed E-state index contributed by atoms with van der Waals surface area (Å²) in [5.41, 5.74) is 0.805. The number of benzene rings is 1. The van der Waals surface area contributed by atoms with Gasteiger partial charge >= 0.3 is 0 Å². The first-order chi connectivity index (χ1) is 9.97. The van der Waals surface area contributed by atoms with Gasteiger partial charge in [0.2, 0.25) is 5.88 Å². The second-order valence-electron chi connectivity index (χ2n) is 4.61. The number of hydrogen-bond acceptors (Lipinski definition) is 3. The number of pyridine rings is 1. The van der Waals surface area contributed by atoms with Gasteiger partial charge in [-0.15, -0.1) is 0 Å². The van der Waals surface area contributed by atoms with Crippen molar-refractivity contribution in [1.29, 1.82) is 0 Å². The van der Waals surface area contributed by atoms with Gasteiger partial charge in [-0.1, -0.05) is 0 Å². The van der Waals surface area contributed by atoms with Crippen molar-refractivity contribution < 1.29 is 13.9 Å². The smallest absolute Gasteiger partial charge is 0.255 e. The van der Waals surface area contributed by atoms with E-state index in [0.29, 0.717) is 17.1 Å². The van der Waals surface area contributed by atoms with Crippen molar-refractivity contribution in [3.63, 3.8) is 0 Å². The molecule has 1 N–H and O–H groups in total. The van der Waals surface area contributed by atoms with Gasteiger partial charge in [0, 0.05) is 11.8 Å². The third kappa shape index (κ3) is 4.01. The molecule has 6 heteroatoms. The van der Waals surface area contributed by atoms with Crippen molar-refractivity contribution in [3.8, 4) is 5.88 Å². The van der Waals surface area contributed by atoms with E-state index in [1.807, 2.05) is 13.8 Å². The van der Waals surface area contributed by atoms with Gasteiger partial charge in [0.1, 0.15) is 11.5 Å². The van der Waals surface area contributed by atoms with Gasteiger partial charge in [-0.25, -0.2) is 9.37 Å². The summed E-state index contributed by atoms with van der Waals surface area (Å²) < 4.78 is 19.0. The first-order valence-corrected chi connectivity index (χ1v) is 7.14. The number of hydrogen-bond donors (Lipinski definition) is 1. The Hall–Kier alpha value is -1.95. The van der Waals surface area contributed by atoms with E-state index in [0.717, 1.165) is 0 Å². The molecule has 110 valence electrons. The Morgan fingerprint density at radius 3 is 2.81 bits per heavy atom. The third-order valence-corrected chi connectivity index (χ3v) is 3.16. The maximum absolute atomic E-state index is 13.2. The summed E-state index contributed by atoms with van der Waals surface area (Å²) in [6.45, 7) is 3.74. The van der Waals surface area contributed by atoms with E-state index < -0.39 is 5.82 Å². The van der Waals surface area contributed by atoms with Gasteiger partial charge < -0.3 is 10.1 Å². The molecule has 2 aromatic rings. The van der Waals surface area contributed by atoms with Crippen molar-refractivity contribution in [2.45, 2.75) is 20.0 Å². The van der Waals surface area contributed by atoms with Crippen LogP contribution in [-0.2, 0) is 0 Å². The maximum Gasteiger partial charge on any atom is 0.255 e. The molecule has 0 saturated carbocycles. The highest BCUT2D eigenvalue weighted by Crippen LogP contribution is 2.23. The van der Waals surface area contributed by atoms with Crippen LogP contribution in [0.15, 0.2) is 41.0 Å². The van der Waals surface area contributed by atoms with E-state index in [1.165, 1.54) is 18.2 Å². The van der Waals surface area contributed by atoms with Crippen molar-refractivity contribution in [2.24, 2.45) is 0 Å². The van der Waals surface area contributed by atoms with Crippen LogP contribution < -0.4 is 10.1 Å². The Labute approximate surface area is 130 Å². The van der Waals surface area contributed by atoms with Crippen LogP contribution in [0.3, 0.4) is 0 Å². The molecule has 0 fully saturated rings.